The topological polar surface area (TPSA) is 694 Å². The summed E-state index contributed by atoms with van der Waals surface area (Å²) in [6.45, 7) is 26.7. The van der Waals surface area contributed by atoms with Crippen molar-refractivity contribution in [3.8, 4) is 0 Å². The number of allylic oxidation sites excluding steroid dienone is 4. The van der Waals surface area contributed by atoms with Crippen molar-refractivity contribution in [2.45, 2.75) is 298 Å². The van der Waals surface area contributed by atoms with Crippen molar-refractivity contribution in [3.05, 3.63) is 94.6 Å². The van der Waals surface area contributed by atoms with Gasteiger partial charge in [-0.25, -0.2) is 0 Å². The number of hydrogen-bond donors (Lipinski definition) is 21. The fourth-order valence-corrected chi connectivity index (χ4v) is 16.6. The van der Waals surface area contributed by atoms with Gasteiger partial charge in [0.25, 0.3) is 23.6 Å². The van der Waals surface area contributed by atoms with Gasteiger partial charge < -0.3 is 122 Å². The SMILES string of the molecule is C/C=C(\NC(=O)[C@H](CO)NC(=O)CNC(=O)[C@@H](CCC(N)=O)NC(=O)[C@H](NC(=O)[C@@H](NC(=O)[C@H](Cc1ccccc1)NC(=O)[C@@H](CCC(N)=O)NC(=O)[C@@H](C)NC(=O)[C@@H](C)NC(=O)/C(=C/C)NC(=O)[C@H]1CCCN1C(=O)/C(=C/C)NC(=O)[C@@H](C)NC(=O)[C@H]1CCCN1C(=O)/C(=C/C)N1CN(C)C(C)C1=O)C(C)C)[C@H](C)CC)C(=O)N[C@@H](C(=O)N[C@H]1CS/C=C/NC(=O)[C@H](C(C)C)NC(=O)[C@H](CC(C)C)NC1=O)[C@H](C)CC. The van der Waals surface area contributed by atoms with Crippen LogP contribution >= 0.6 is 11.8 Å². The molecule has 0 aromatic heterocycles. The molecule has 4 heterocycles. The Morgan fingerprint density at radius 2 is 1.02 bits per heavy atom. The number of carbonyl (C=O) groups excluding carboxylic acids is 23. The molecule has 18 atom stereocenters. The van der Waals surface area contributed by atoms with E-state index in [-0.39, 0.29) is 92.4 Å². The number of thioether (sulfide) groups is 1. The van der Waals surface area contributed by atoms with Crippen molar-refractivity contribution in [2.24, 2.45) is 41.1 Å². The number of nitrogens with one attached hydrogen (secondary N) is 18. The zero-order chi connectivity index (χ0) is 110. The molecule has 1 aromatic carbocycles. The summed E-state index contributed by atoms with van der Waals surface area (Å²) < 4.78 is 0. The van der Waals surface area contributed by atoms with Gasteiger partial charge in [0.15, 0.2) is 0 Å². The maximum Gasteiger partial charge on any atom is 0.270 e. The summed E-state index contributed by atoms with van der Waals surface area (Å²) in [4.78, 5) is 323. The largest absolute Gasteiger partial charge is 0.394 e. The first-order valence-electron chi connectivity index (χ1n) is 49.0. The Morgan fingerprint density at radius 3 is 1.56 bits per heavy atom. The molecule has 23 N–H and O–H groups in total. The van der Waals surface area contributed by atoms with Crippen LogP contribution < -0.4 is 107 Å². The lowest BCUT2D eigenvalue weighted by Crippen LogP contribution is -2.62. The number of primary amides is 2. The number of likely N-dealkylation sites (N-methyl/N-ethyl adjacent to an activating group) is 1. The van der Waals surface area contributed by atoms with Crippen LogP contribution in [0.5, 0.6) is 0 Å². The van der Waals surface area contributed by atoms with Gasteiger partial charge in [-0.15, -0.1) is 11.8 Å². The molecule has 0 aliphatic carbocycles. The van der Waals surface area contributed by atoms with E-state index in [0.29, 0.717) is 24.8 Å². The van der Waals surface area contributed by atoms with Crippen molar-refractivity contribution < 1.29 is 115 Å². The fraction of sp³-hybridized carbons (Fsp3) is 0.598. The Balaban J connectivity index is 1.20. The van der Waals surface area contributed by atoms with E-state index in [1.165, 1.54) is 86.1 Å². The second kappa shape index (κ2) is 59.4. The fourth-order valence-electron chi connectivity index (χ4n) is 15.9. The number of benzene rings is 1. The smallest absolute Gasteiger partial charge is 0.270 e. The maximum absolute atomic E-state index is 14.8. The summed E-state index contributed by atoms with van der Waals surface area (Å²) in [5, 5.41) is 57.4. The number of aliphatic hydroxyl groups is 1. The normalized spacial score (nSPS) is 20.3. The Kier molecular flexibility index (Phi) is 49.9. The van der Waals surface area contributed by atoms with Crippen LogP contribution in [-0.4, -0.2) is 303 Å². The molecule has 0 radical (unpaired) electrons. The van der Waals surface area contributed by atoms with E-state index in [1.54, 1.807) is 112 Å². The van der Waals surface area contributed by atoms with Crippen LogP contribution in [0.4, 0.5) is 0 Å². The molecule has 1 aromatic rings. The van der Waals surface area contributed by atoms with E-state index in [4.69, 9.17) is 11.5 Å². The average molecular weight is 2070 g/mol. The van der Waals surface area contributed by atoms with Gasteiger partial charge in [0.1, 0.15) is 113 Å². The summed E-state index contributed by atoms with van der Waals surface area (Å²) in [7, 11) is 1.75. The second-order valence-corrected chi connectivity index (χ2v) is 38.5. The molecular formula is C97H148N24O24S. The molecule has 3 saturated heterocycles. The van der Waals surface area contributed by atoms with Gasteiger partial charge in [0, 0.05) is 44.3 Å². The lowest BCUT2D eigenvalue weighted by Gasteiger charge is -2.30. The first-order chi connectivity index (χ1) is 68.8. The minimum absolute atomic E-state index is 0.0458. The molecule has 23 amide bonds. The Bertz CT molecular complexity index is 5080. The van der Waals surface area contributed by atoms with Gasteiger partial charge in [-0.1, -0.05) is 137 Å². The van der Waals surface area contributed by atoms with Gasteiger partial charge in [-0.3, -0.25) is 120 Å². The van der Waals surface area contributed by atoms with E-state index in [2.05, 4.69) is 95.7 Å². The minimum atomic E-state index is -1.81. The van der Waals surface area contributed by atoms with Crippen molar-refractivity contribution in [1.29, 1.82) is 0 Å². The van der Waals surface area contributed by atoms with Crippen LogP contribution in [0.15, 0.2) is 89.0 Å². The Morgan fingerprint density at radius 1 is 0.514 bits per heavy atom. The van der Waals surface area contributed by atoms with E-state index in [0.717, 1.165) is 17.8 Å². The van der Waals surface area contributed by atoms with Gasteiger partial charge in [-0.05, 0) is 148 Å². The van der Waals surface area contributed by atoms with Gasteiger partial charge in [0.2, 0.25) is 112 Å². The number of nitrogens with zero attached hydrogens (tertiary/aromatic N) is 4. The van der Waals surface area contributed by atoms with Crippen LogP contribution in [-0.2, 0) is 117 Å². The first kappa shape index (κ1) is 122. The first-order valence-corrected chi connectivity index (χ1v) is 50.1. The summed E-state index contributed by atoms with van der Waals surface area (Å²) in [5.74, 6) is -22.3. The molecule has 146 heavy (non-hydrogen) atoms. The molecule has 0 spiro atoms. The third-order valence-electron chi connectivity index (χ3n) is 25.2. The van der Waals surface area contributed by atoms with Gasteiger partial charge in [0.05, 0.1) is 25.9 Å². The van der Waals surface area contributed by atoms with E-state index in [1.807, 2.05) is 13.8 Å². The molecule has 0 bridgehead atoms. The molecule has 48 nitrogen and oxygen atoms in total. The summed E-state index contributed by atoms with van der Waals surface area (Å²) in [6, 6.07) is -13.1. The number of hydrogen-bond acceptors (Lipinski definition) is 26. The van der Waals surface area contributed by atoms with Crippen LogP contribution in [0.2, 0.25) is 0 Å². The molecule has 0 saturated carbocycles. The van der Waals surface area contributed by atoms with Crippen molar-refractivity contribution in [3.63, 3.8) is 0 Å². The lowest BCUT2D eigenvalue weighted by molar-refractivity contribution is -0.139. The average Bonchev–Trinajstić information content (AvgIpc) is 1.65. The Labute approximate surface area is 853 Å². The highest BCUT2D eigenvalue weighted by atomic mass is 32.2. The number of likely N-dealkylation sites (tertiary alicyclic amines) is 2. The number of amides is 23. The third kappa shape index (κ3) is 36.6. The summed E-state index contributed by atoms with van der Waals surface area (Å²) >= 11 is 1.06. The summed E-state index contributed by atoms with van der Waals surface area (Å²) in [5.41, 5.74) is 10.6. The molecule has 806 valence electrons. The highest BCUT2D eigenvalue weighted by Gasteiger charge is 2.45. The second-order valence-electron chi connectivity index (χ2n) is 37.5. The summed E-state index contributed by atoms with van der Waals surface area (Å²) in [6.07, 6.45) is 6.17. The van der Waals surface area contributed by atoms with E-state index >= 15 is 0 Å². The van der Waals surface area contributed by atoms with E-state index < -0.39 is 289 Å². The van der Waals surface area contributed by atoms with Crippen LogP contribution in [0, 0.1) is 29.6 Å². The molecular weight excluding hydrogens is 1920 g/mol. The van der Waals surface area contributed by atoms with Crippen LogP contribution in [0.1, 0.15) is 201 Å². The quantitative estimate of drug-likeness (QED) is 0.0277. The standard InChI is InChI=1S/C97H148N24O24S/c1-20-52(13)76(94(142)113-67-47-146-42-39-100-91(139)74(50(9)10)114-85(133)64(43-49(7)8)111-88(67)136)116-83(131)60(23-4)106-87(135)66(46-122)105-73(125)45-101-81(129)62(35-37-71(98)123)110-93(141)77(53(14)21-2)117-92(140)75(51(11)12)115-86(134)65(44-58-31-27-26-28-32-58)112-84(132)63(36-38-72(99)124)109-80(128)55(16)102-78(126)54(15)103-82(130)59(22-3)107-90(138)70-34-29-40-119(70)96(144)61(24-5)108-79(127)56(17)104-89(137)69-33-30-41-120(69)97(145)68(25-6)121-48-118(19)57(18)95(121)143/h22-28,31-32,39,42,49-57,62-67,69-70,74-77,122H,20-21,29-30,33-38,40-41,43-48H2,1-19H3,(H2,98,123)(H2,99,124)(H,100,139)(H,101,129)(H,102,126)(H,103,130)(H,104,137)(H,105,125)(H,106,135)(H,107,138)(H,108,127)(H,109,128)(H,110,141)(H,111,136)(H,112,132)(H,113,142)(H,114,133)(H,115,134)(H,116,131)(H,117,140)/b42-39+,59-22-,60-23-,61-24-,68-25-/t52-,53-,54-,55-,56-,57?,62-,63-,64+,65+,66+,67+,69-,70-,74+,75+,76-,77-/m1/s1. The molecule has 3 fully saturated rings. The predicted octanol–water partition coefficient (Wildman–Crippen LogP) is -3.92. The monoisotopic (exact) mass is 2070 g/mol. The van der Waals surface area contributed by atoms with Gasteiger partial charge >= 0.3 is 0 Å². The molecule has 4 aliphatic rings. The highest BCUT2D eigenvalue weighted by Crippen LogP contribution is 2.27. The minimum Gasteiger partial charge on any atom is -0.394 e. The van der Waals surface area contributed by atoms with Gasteiger partial charge in [-0.2, -0.15) is 0 Å². The molecule has 4 aliphatic heterocycles. The third-order valence-corrected chi connectivity index (χ3v) is 26.0. The molecule has 1 unspecified atom stereocenters. The zero-order valence-corrected chi connectivity index (χ0v) is 87.2. The Hall–Kier alpha value is -14.0. The number of nitrogens with two attached hydrogens (primary N) is 2. The molecule has 5 rings (SSSR count). The van der Waals surface area contributed by atoms with E-state index in [9.17, 15) is 115 Å². The number of carbonyl (C=O) groups is 23. The number of aliphatic hydroxyl groups excluding tert-OH is 1. The molecule has 49 heteroatoms. The maximum atomic E-state index is 14.8. The van der Waals surface area contributed by atoms with Crippen molar-refractivity contribution in [1.82, 2.24) is 115 Å². The zero-order valence-electron chi connectivity index (χ0n) is 86.4. The van der Waals surface area contributed by atoms with Crippen LogP contribution in [0.3, 0.4) is 0 Å². The lowest BCUT2D eigenvalue weighted by atomic mass is 9.95. The van der Waals surface area contributed by atoms with Crippen LogP contribution in [0.25, 0.3) is 0 Å². The van der Waals surface area contributed by atoms with Crippen molar-refractivity contribution in [2.75, 3.05) is 45.7 Å². The highest BCUT2D eigenvalue weighted by molar-refractivity contribution is 8.02. The number of rotatable bonds is 50. The predicted molar refractivity (Wildman–Crippen MR) is 535 cm³/mol. The van der Waals surface area contributed by atoms with Crippen molar-refractivity contribution >= 4 is 148 Å².